The molecule has 0 radical (unpaired) electrons. The lowest BCUT2D eigenvalue weighted by molar-refractivity contribution is -0.136. The lowest BCUT2D eigenvalue weighted by Gasteiger charge is -2.39. The second-order valence-electron chi connectivity index (χ2n) is 11.2. The number of amides is 3. The fourth-order valence-electron chi connectivity index (χ4n) is 5.41. The number of likely N-dealkylation sites (N-methyl/N-ethyl adjacent to an activating group) is 1. The first kappa shape index (κ1) is 30.8. The van der Waals surface area contributed by atoms with Crippen molar-refractivity contribution in [1.29, 1.82) is 0 Å². The molecule has 8 rings (SSSR count). The van der Waals surface area contributed by atoms with E-state index in [2.05, 4.69) is 15.6 Å². The van der Waals surface area contributed by atoms with Crippen LogP contribution in [-0.4, -0.2) is 85.0 Å². The average molecular weight is 602 g/mol. The van der Waals surface area contributed by atoms with Crippen molar-refractivity contribution in [2.24, 2.45) is 0 Å². The van der Waals surface area contributed by atoms with Gasteiger partial charge in [0.25, 0.3) is 5.91 Å². The number of benzene rings is 2. The minimum atomic E-state index is -0.455. The number of nitrogens with zero attached hydrogens (tertiary/aromatic N) is 3. The van der Waals surface area contributed by atoms with Crippen LogP contribution in [0, 0.1) is 0 Å². The lowest BCUT2D eigenvalue weighted by Crippen LogP contribution is -2.59. The molecule has 0 unspecified atom stereocenters. The molecular formula is C33H39N5O6. The fourth-order valence-corrected chi connectivity index (χ4v) is 5.41. The first-order chi connectivity index (χ1) is 21.4. The Kier molecular flexibility index (Phi) is 10.3. The van der Waals surface area contributed by atoms with E-state index in [4.69, 9.17) is 14.2 Å². The third kappa shape index (κ3) is 8.47. The van der Waals surface area contributed by atoms with E-state index in [0.717, 1.165) is 16.7 Å². The van der Waals surface area contributed by atoms with Gasteiger partial charge in [0.05, 0.1) is 19.7 Å². The number of piperidine rings is 1. The minimum absolute atomic E-state index is 0.0202. The van der Waals surface area contributed by atoms with E-state index in [9.17, 15) is 14.4 Å². The molecule has 0 saturated carbocycles. The van der Waals surface area contributed by atoms with Crippen LogP contribution in [0.15, 0.2) is 67.0 Å². The number of hydrogen-bond donors (Lipinski definition) is 2. The van der Waals surface area contributed by atoms with Crippen LogP contribution in [0.3, 0.4) is 0 Å². The number of carbonyl (C=O) groups is 3. The second-order valence-corrected chi connectivity index (χ2v) is 11.2. The van der Waals surface area contributed by atoms with Crippen LogP contribution in [0.4, 0.5) is 0 Å². The molecule has 2 N–H and O–H groups in total. The molecule has 11 heteroatoms. The Morgan fingerprint density at radius 2 is 1.82 bits per heavy atom. The zero-order valence-electron chi connectivity index (χ0n) is 25.2. The highest BCUT2D eigenvalue weighted by Gasteiger charge is 2.34. The number of rotatable bonds is 5. The number of hydrogen-bond acceptors (Lipinski definition) is 8. The van der Waals surface area contributed by atoms with Crippen molar-refractivity contribution in [2.75, 3.05) is 40.4 Å². The SMILES string of the molecule is COc1cc2ccc1OCC(=O)N[C@@H]1CN(C(=O)CN(C)Cc3ccncc3)CC[C@H]1Oc1ccc(cc1)CNC(=O)CC2. The van der Waals surface area contributed by atoms with Crippen LogP contribution in [-0.2, 0) is 33.9 Å². The fraction of sp³-hybridized carbons (Fsp3) is 0.394. The third-order valence-corrected chi connectivity index (χ3v) is 7.78. The maximum atomic E-state index is 13.3. The van der Waals surface area contributed by atoms with Crippen molar-refractivity contribution < 1.29 is 28.6 Å². The quantitative estimate of drug-likeness (QED) is 0.457. The Bertz CT molecular complexity index is 1430. The Balaban J connectivity index is 1.30. The van der Waals surface area contributed by atoms with Gasteiger partial charge in [-0.25, -0.2) is 0 Å². The van der Waals surface area contributed by atoms with Crippen molar-refractivity contribution in [3.63, 3.8) is 0 Å². The molecule has 232 valence electrons. The lowest BCUT2D eigenvalue weighted by atomic mass is 10.0. The van der Waals surface area contributed by atoms with Crippen LogP contribution in [0.1, 0.15) is 29.5 Å². The van der Waals surface area contributed by atoms with Gasteiger partial charge in [0.1, 0.15) is 11.9 Å². The van der Waals surface area contributed by atoms with Gasteiger partial charge in [0.15, 0.2) is 18.1 Å². The summed E-state index contributed by atoms with van der Waals surface area (Å²) in [5, 5.41) is 6.02. The van der Waals surface area contributed by atoms with Gasteiger partial charge < -0.3 is 29.7 Å². The monoisotopic (exact) mass is 601 g/mol. The Hall–Kier alpha value is -4.64. The van der Waals surface area contributed by atoms with Crippen molar-refractivity contribution in [2.45, 2.75) is 44.5 Å². The topological polar surface area (TPSA) is 122 Å². The van der Waals surface area contributed by atoms with Gasteiger partial charge in [-0.05, 0) is 66.6 Å². The number of carbonyl (C=O) groups excluding carboxylic acids is 3. The number of pyridine rings is 1. The minimum Gasteiger partial charge on any atom is -0.493 e. The summed E-state index contributed by atoms with van der Waals surface area (Å²) in [7, 11) is 3.44. The summed E-state index contributed by atoms with van der Waals surface area (Å²) in [5.74, 6) is 1.15. The van der Waals surface area contributed by atoms with Crippen LogP contribution < -0.4 is 24.8 Å². The summed E-state index contributed by atoms with van der Waals surface area (Å²) < 4.78 is 17.7. The van der Waals surface area contributed by atoms with Gasteiger partial charge in [-0.15, -0.1) is 0 Å². The van der Waals surface area contributed by atoms with E-state index < -0.39 is 6.04 Å². The molecule has 5 aliphatic rings. The number of likely N-dealkylation sites (tertiary alicyclic amines) is 1. The van der Waals surface area contributed by atoms with Gasteiger partial charge in [0.2, 0.25) is 11.8 Å². The molecule has 1 aromatic heterocycles. The standard InChI is InChI=1S/C33H39N5O6/c1-37(19-25-11-14-34-15-12-25)21-33(41)38-16-13-28-27(20-38)36-32(40)22-43-29-9-5-23(17-30(29)42-2)6-10-31(39)35-18-24-3-7-26(44-28)8-4-24/h3-5,7-9,11-12,14-15,17,27-28H,6,10,13,16,18-22H2,1-2H3,(H,35,39)(H,36,40)/t27-,28-/m1/s1. The molecule has 44 heavy (non-hydrogen) atoms. The van der Waals surface area contributed by atoms with Gasteiger partial charge in [-0.1, -0.05) is 18.2 Å². The number of nitrogens with one attached hydrogen (secondary N) is 2. The molecule has 3 aromatic rings. The molecule has 1 saturated heterocycles. The highest BCUT2D eigenvalue weighted by Crippen LogP contribution is 2.29. The first-order valence-electron chi connectivity index (χ1n) is 14.8. The smallest absolute Gasteiger partial charge is 0.258 e. The van der Waals surface area contributed by atoms with E-state index >= 15 is 0 Å². The molecule has 4 bridgehead atoms. The largest absolute Gasteiger partial charge is 0.493 e. The molecule has 6 heterocycles. The van der Waals surface area contributed by atoms with Crippen LogP contribution in [0.5, 0.6) is 17.2 Å². The molecule has 2 aromatic carbocycles. The van der Waals surface area contributed by atoms with Crippen LogP contribution in [0.2, 0.25) is 0 Å². The summed E-state index contributed by atoms with van der Waals surface area (Å²) in [6, 6.07) is 16.4. The predicted molar refractivity (Wildman–Crippen MR) is 163 cm³/mol. The molecule has 0 spiro atoms. The summed E-state index contributed by atoms with van der Waals surface area (Å²) in [6.07, 6.45) is 4.52. The molecule has 5 aliphatic heterocycles. The Labute approximate surface area is 257 Å². The van der Waals surface area contributed by atoms with E-state index in [-0.39, 0.29) is 37.0 Å². The molecule has 11 nitrogen and oxygen atoms in total. The Morgan fingerprint density at radius 3 is 2.59 bits per heavy atom. The zero-order chi connectivity index (χ0) is 30.9. The van der Waals surface area contributed by atoms with Gasteiger partial charge in [0, 0.05) is 51.4 Å². The third-order valence-electron chi connectivity index (χ3n) is 7.78. The number of aromatic nitrogens is 1. The summed E-state index contributed by atoms with van der Waals surface area (Å²) in [6.45, 7) is 1.84. The van der Waals surface area contributed by atoms with Crippen molar-refractivity contribution >= 4 is 17.7 Å². The molecule has 0 aliphatic carbocycles. The molecule has 2 atom stereocenters. The number of aryl methyl sites for hydroxylation is 1. The number of ether oxygens (including phenoxy) is 3. The molecule has 1 fully saturated rings. The van der Waals surface area contributed by atoms with Gasteiger partial charge in [-0.3, -0.25) is 24.3 Å². The highest BCUT2D eigenvalue weighted by molar-refractivity contribution is 5.80. The van der Waals surface area contributed by atoms with Crippen molar-refractivity contribution in [3.8, 4) is 17.2 Å². The second kappa shape index (κ2) is 14.7. The highest BCUT2D eigenvalue weighted by atomic mass is 16.5. The summed E-state index contributed by atoms with van der Waals surface area (Å²) in [5.41, 5.74) is 2.94. The van der Waals surface area contributed by atoms with E-state index in [1.165, 1.54) is 7.11 Å². The Morgan fingerprint density at radius 1 is 1.05 bits per heavy atom. The summed E-state index contributed by atoms with van der Waals surface area (Å²) in [4.78, 5) is 46.7. The van der Waals surface area contributed by atoms with Gasteiger partial charge in [-0.2, -0.15) is 0 Å². The van der Waals surface area contributed by atoms with E-state index in [1.54, 1.807) is 23.4 Å². The predicted octanol–water partition coefficient (Wildman–Crippen LogP) is 2.33. The average Bonchev–Trinajstić information content (AvgIpc) is 3.03. The maximum absolute atomic E-state index is 13.3. The van der Waals surface area contributed by atoms with E-state index in [1.807, 2.05) is 60.5 Å². The van der Waals surface area contributed by atoms with Crippen molar-refractivity contribution in [3.05, 3.63) is 83.7 Å². The van der Waals surface area contributed by atoms with Crippen LogP contribution in [0.25, 0.3) is 0 Å². The van der Waals surface area contributed by atoms with Crippen LogP contribution >= 0.6 is 0 Å². The zero-order valence-corrected chi connectivity index (χ0v) is 25.2. The normalized spacial score (nSPS) is 19.3. The number of methoxy groups -OCH3 is 1. The molecule has 3 amide bonds. The molecular weight excluding hydrogens is 562 g/mol. The summed E-state index contributed by atoms with van der Waals surface area (Å²) >= 11 is 0. The van der Waals surface area contributed by atoms with E-state index in [0.29, 0.717) is 62.7 Å². The van der Waals surface area contributed by atoms with Crippen molar-refractivity contribution in [1.82, 2.24) is 25.4 Å². The maximum Gasteiger partial charge on any atom is 0.258 e. The van der Waals surface area contributed by atoms with Gasteiger partial charge >= 0.3 is 0 Å². The first-order valence-corrected chi connectivity index (χ1v) is 14.8.